The van der Waals surface area contributed by atoms with Crippen LogP contribution in [-0.2, 0) is 11.3 Å². The highest BCUT2D eigenvalue weighted by molar-refractivity contribution is 14.0. The van der Waals surface area contributed by atoms with Crippen LogP contribution < -0.4 is 10.6 Å². The van der Waals surface area contributed by atoms with Crippen LogP contribution in [0.2, 0.25) is 0 Å². The van der Waals surface area contributed by atoms with Crippen molar-refractivity contribution in [2.24, 2.45) is 4.99 Å². The standard InChI is InChI=1S/C17H31N5O2.HI/c1-5-18-17(20-12-16-21-13(2)14(3)24-16)19-8-9-22(10-11-23-4)15-6-7-15;/h15H,5-12H2,1-4H3,(H2,18,19,20);1H. The smallest absolute Gasteiger partial charge is 0.216 e. The van der Waals surface area contributed by atoms with Crippen LogP contribution in [0, 0.1) is 13.8 Å². The van der Waals surface area contributed by atoms with Crippen molar-refractivity contribution in [2.45, 2.75) is 46.2 Å². The first-order chi connectivity index (χ1) is 11.6. The van der Waals surface area contributed by atoms with Gasteiger partial charge in [0, 0.05) is 39.3 Å². The molecule has 1 saturated carbocycles. The van der Waals surface area contributed by atoms with Crippen LogP contribution in [-0.4, -0.2) is 61.8 Å². The third-order valence-electron chi connectivity index (χ3n) is 4.13. The van der Waals surface area contributed by atoms with Crippen molar-refractivity contribution in [1.29, 1.82) is 0 Å². The highest BCUT2D eigenvalue weighted by Crippen LogP contribution is 2.25. The number of aromatic nitrogens is 1. The number of ether oxygens (including phenoxy) is 1. The molecule has 0 saturated heterocycles. The van der Waals surface area contributed by atoms with Crippen LogP contribution in [0.25, 0.3) is 0 Å². The first-order valence-electron chi connectivity index (χ1n) is 8.82. The first kappa shape index (κ1) is 22.2. The maximum Gasteiger partial charge on any atom is 0.216 e. The molecule has 0 amide bonds. The minimum Gasteiger partial charge on any atom is -0.444 e. The van der Waals surface area contributed by atoms with Gasteiger partial charge in [-0.05, 0) is 33.6 Å². The molecule has 0 spiro atoms. The fraction of sp³-hybridized carbons (Fsp3) is 0.765. The van der Waals surface area contributed by atoms with Gasteiger partial charge in [-0.1, -0.05) is 0 Å². The van der Waals surface area contributed by atoms with Crippen molar-refractivity contribution in [2.75, 3.05) is 39.9 Å². The summed E-state index contributed by atoms with van der Waals surface area (Å²) in [4.78, 5) is 11.4. The number of aliphatic imine (C=N–C) groups is 1. The predicted molar refractivity (Wildman–Crippen MR) is 111 cm³/mol. The zero-order valence-electron chi connectivity index (χ0n) is 15.8. The molecule has 0 bridgehead atoms. The zero-order chi connectivity index (χ0) is 17.4. The normalized spacial score (nSPS) is 14.5. The Morgan fingerprint density at radius 2 is 2.08 bits per heavy atom. The molecule has 2 rings (SSSR count). The third kappa shape index (κ3) is 7.91. The first-order valence-corrected chi connectivity index (χ1v) is 8.82. The van der Waals surface area contributed by atoms with Crippen molar-refractivity contribution < 1.29 is 9.15 Å². The lowest BCUT2D eigenvalue weighted by atomic mass is 10.4. The van der Waals surface area contributed by atoms with Gasteiger partial charge in [0.2, 0.25) is 5.89 Å². The summed E-state index contributed by atoms with van der Waals surface area (Å²) >= 11 is 0. The average molecular weight is 465 g/mol. The molecule has 0 aromatic carbocycles. The number of hydrogen-bond donors (Lipinski definition) is 2. The van der Waals surface area contributed by atoms with Gasteiger partial charge in [0.05, 0.1) is 12.3 Å². The average Bonchev–Trinajstić information content (AvgIpc) is 3.35. The van der Waals surface area contributed by atoms with Gasteiger partial charge in [-0.25, -0.2) is 9.98 Å². The molecule has 0 atom stereocenters. The lowest BCUT2D eigenvalue weighted by molar-refractivity contribution is 0.144. The Morgan fingerprint density at radius 3 is 2.64 bits per heavy atom. The lowest BCUT2D eigenvalue weighted by Crippen LogP contribution is -2.42. The molecule has 1 aliphatic carbocycles. The molecule has 1 aliphatic rings. The SMILES string of the molecule is CCNC(=NCc1nc(C)c(C)o1)NCCN(CCOC)C1CC1.I. The largest absolute Gasteiger partial charge is 0.444 e. The predicted octanol–water partition coefficient (Wildman–Crippen LogP) is 2.08. The Kier molecular flexibility index (Phi) is 10.4. The molecule has 8 heteroatoms. The van der Waals surface area contributed by atoms with E-state index in [2.05, 4.69) is 32.4 Å². The van der Waals surface area contributed by atoms with Gasteiger partial charge in [0.15, 0.2) is 5.96 Å². The molecule has 1 heterocycles. The molecule has 25 heavy (non-hydrogen) atoms. The number of rotatable bonds is 10. The van der Waals surface area contributed by atoms with Gasteiger partial charge < -0.3 is 19.8 Å². The van der Waals surface area contributed by atoms with Gasteiger partial charge in [0.25, 0.3) is 0 Å². The minimum atomic E-state index is 0. The summed E-state index contributed by atoms with van der Waals surface area (Å²) in [7, 11) is 1.76. The molecule has 0 aliphatic heterocycles. The number of aryl methyl sites for hydroxylation is 2. The number of hydrogen-bond acceptors (Lipinski definition) is 5. The minimum absolute atomic E-state index is 0. The van der Waals surface area contributed by atoms with E-state index < -0.39 is 0 Å². The summed E-state index contributed by atoms with van der Waals surface area (Å²) < 4.78 is 10.8. The molecule has 1 fully saturated rings. The Labute approximate surface area is 168 Å². The summed E-state index contributed by atoms with van der Waals surface area (Å²) in [5.41, 5.74) is 0.927. The van der Waals surface area contributed by atoms with E-state index in [1.165, 1.54) is 12.8 Å². The Bertz CT molecular complexity index is 512. The summed E-state index contributed by atoms with van der Waals surface area (Å²) in [6.45, 7) is 10.8. The molecule has 0 unspecified atom stereocenters. The van der Waals surface area contributed by atoms with E-state index in [1.807, 2.05) is 13.8 Å². The highest BCUT2D eigenvalue weighted by atomic mass is 127. The molecule has 2 N–H and O–H groups in total. The van der Waals surface area contributed by atoms with Crippen LogP contribution in [0.4, 0.5) is 0 Å². The quantitative estimate of drug-likeness (QED) is 0.313. The van der Waals surface area contributed by atoms with Gasteiger partial charge in [0.1, 0.15) is 12.3 Å². The van der Waals surface area contributed by atoms with Gasteiger partial charge in [-0.2, -0.15) is 0 Å². The van der Waals surface area contributed by atoms with Gasteiger partial charge in [-0.3, -0.25) is 4.90 Å². The van der Waals surface area contributed by atoms with Crippen LogP contribution in [0.5, 0.6) is 0 Å². The molecule has 1 aromatic heterocycles. The Morgan fingerprint density at radius 1 is 1.32 bits per heavy atom. The summed E-state index contributed by atoms with van der Waals surface area (Å²) in [5, 5.41) is 6.65. The molecule has 7 nitrogen and oxygen atoms in total. The number of guanidine groups is 1. The van der Waals surface area contributed by atoms with Crippen molar-refractivity contribution in [3.8, 4) is 0 Å². The fourth-order valence-electron chi connectivity index (χ4n) is 2.54. The number of nitrogens with zero attached hydrogens (tertiary/aromatic N) is 3. The Balaban J connectivity index is 0.00000312. The summed E-state index contributed by atoms with van der Waals surface area (Å²) in [6, 6.07) is 0.736. The van der Waals surface area contributed by atoms with Crippen molar-refractivity contribution in [1.82, 2.24) is 20.5 Å². The maximum absolute atomic E-state index is 5.57. The third-order valence-corrected chi connectivity index (χ3v) is 4.13. The van der Waals surface area contributed by atoms with Crippen LogP contribution in [0.3, 0.4) is 0 Å². The summed E-state index contributed by atoms with van der Waals surface area (Å²) in [5.74, 6) is 2.31. The monoisotopic (exact) mass is 465 g/mol. The summed E-state index contributed by atoms with van der Waals surface area (Å²) in [6.07, 6.45) is 2.61. The molecule has 1 aromatic rings. The molecule has 144 valence electrons. The van der Waals surface area contributed by atoms with Crippen LogP contribution in [0.15, 0.2) is 9.41 Å². The van der Waals surface area contributed by atoms with Crippen molar-refractivity contribution in [3.05, 3.63) is 17.3 Å². The second-order valence-electron chi connectivity index (χ2n) is 6.13. The van der Waals surface area contributed by atoms with E-state index in [1.54, 1.807) is 7.11 Å². The molecule has 0 radical (unpaired) electrons. The second-order valence-corrected chi connectivity index (χ2v) is 6.13. The maximum atomic E-state index is 5.57. The highest BCUT2D eigenvalue weighted by Gasteiger charge is 2.28. The van der Waals surface area contributed by atoms with Crippen LogP contribution in [0.1, 0.15) is 37.1 Å². The number of methoxy groups -OCH3 is 1. The van der Waals surface area contributed by atoms with E-state index in [0.29, 0.717) is 12.4 Å². The number of halogens is 1. The van der Waals surface area contributed by atoms with Gasteiger partial charge >= 0.3 is 0 Å². The van der Waals surface area contributed by atoms with Crippen molar-refractivity contribution in [3.63, 3.8) is 0 Å². The van der Waals surface area contributed by atoms with E-state index in [9.17, 15) is 0 Å². The Hall–Kier alpha value is -0.870. The number of nitrogens with one attached hydrogen (secondary N) is 2. The zero-order valence-corrected chi connectivity index (χ0v) is 18.1. The van der Waals surface area contributed by atoms with E-state index in [-0.39, 0.29) is 24.0 Å². The number of oxazole rings is 1. The molecular formula is C17H32IN5O2. The van der Waals surface area contributed by atoms with Gasteiger partial charge in [-0.15, -0.1) is 24.0 Å². The lowest BCUT2D eigenvalue weighted by Gasteiger charge is -2.22. The van der Waals surface area contributed by atoms with E-state index >= 15 is 0 Å². The van der Waals surface area contributed by atoms with Crippen LogP contribution >= 0.6 is 24.0 Å². The topological polar surface area (TPSA) is 74.9 Å². The van der Waals surface area contributed by atoms with E-state index in [4.69, 9.17) is 9.15 Å². The second kappa shape index (κ2) is 11.7. The molecular weight excluding hydrogens is 433 g/mol. The van der Waals surface area contributed by atoms with Crippen molar-refractivity contribution >= 4 is 29.9 Å². The van der Waals surface area contributed by atoms with E-state index in [0.717, 1.165) is 56.2 Å². The fourth-order valence-corrected chi connectivity index (χ4v) is 2.54.